The fourth-order valence-corrected chi connectivity index (χ4v) is 2.58. The Hall–Kier alpha value is -3.15. The predicted molar refractivity (Wildman–Crippen MR) is 87.2 cm³/mol. The first-order chi connectivity index (χ1) is 11.3. The molecule has 4 aromatic rings. The number of H-pyrrole nitrogens is 1. The van der Waals surface area contributed by atoms with E-state index in [9.17, 15) is 0 Å². The van der Waals surface area contributed by atoms with Gasteiger partial charge in [-0.2, -0.15) is 5.10 Å². The van der Waals surface area contributed by atoms with Crippen molar-refractivity contribution in [3.8, 4) is 16.9 Å². The van der Waals surface area contributed by atoms with E-state index in [2.05, 4.69) is 20.1 Å². The molecule has 0 saturated heterocycles. The molecule has 0 atom stereocenters. The van der Waals surface area contributed by atoms with Gasteiger partial charge in [-0.15, -0.1) is 0 Å². The molecule has 0 aliphatic rings. The van der Waals surface area contributed by atoms with Gasteiger partial charge < -0.3 is 9.72 Å². The summed E-state index contributed by atoms with van der Waals surface area (Å²) in [4.78, 5) is 11.7. The summed E-state index contributed by atoms with van der Waals surface area (Å²) < 4.78 is 7.08. The van der Waals surface area contributed by atoms with Crippen molar-refractivity contribution < 1.29 is 4.74 Å². The molecule has 0 bridgehead atoms. The van der Waals surface area contributed by atoms with Gasteiger partial charge in [-0.25, -0.2) is 4.98 Å². The molecule has 0 aliphatic heterocycles. The molecule has 0 aliphatic carbocycles. The van der Waals surface area contributed by atoms with E-state index in [0.717, 1.165) is 33.5 Å². The average Bonchev–Trinajstić information content (AvgIpc) is 3.24. The van der Waals surface area contributed by atoms with Crippen LogP contribution in [0.25, 0.3) is 22.2 Å². The molecule has 1 aromatic carbocycles. The third kappa shape index (κ3) is 2.55. The maximum atomic E-state index is 5.18. The monoisotopic (exact) mass is 305 g/mol. The molecule has 23 heavy (non-hydrogen) atoms. The van der Waals surface area contributed by atoms with E-state index in [-0.39, 0.29) is 0 Å². The molecule has 6 nitrogen and oxygen atoms in total. The van der Waals surface area contributed by atoms with Crippen LogP contribution in [0.1, 0.15) is 5.56 Å². The number of aromatic nitrogens is 5. The maximum absolute atomic E-state index is 5.18. The smallest absolute Gasteiger partial charge is 0.118 e. The van der Waals surface area contributed by atoms with Crippen molar-refractivity contribution in [3.63, 3.8) is 0 Å². The zero-order chi connectivity index (χ0) is 15.6. The molecule has 0 fully saturated rings. The Morgan fingerprint density at radius 2 is 2.00 bits per heavy atom. The first-order valence-corrected chi connectivity index (χ1v) is 7.26. The molecule has 4 rings (SSSR count). The van der Waals surface area contributed by atoms with Gasteiger partial charge in [-0.3, -0.25) is 9.67 Å². The van der Waals surface area contributed by atoms with E-state index in [1.165, 1.54) is 0 Å². The Bertz CT molecular complexity index is 939. The molecule has 114 valence electrons. The minimum Gasteiger partial charge on any atom is -0.497 e. The maximum Gasteiger partial charge on any atom is 0.118 e. The third-order valence-electron chi connectivity index (χ3n) is 3.78. The van der Waals surface area contributed by atoms with E-state index < -0.39 is 0 Å². The lowest BCUT2D eigenvalue weighted by Crippen LogP contribution is -1.99. The van der Waals surface area contributed by atoms with Gasteiger partial charge in [-0.1, -0.05) is 12.1 Å². The lowest BCUT2D eigenvalue weighted by molar-refractivity contribution is 0.414. The average molecular weight is 305 g/mol. The second-order valence-corrected chi connectivity index (χ2v) is 5.26. The Kier molecular flexibility index (Phi) is 3.27. The molecule has 6 heteroatoms. The number of pyridine rings is 1. The van der Waals surface area contributed by atoms with Gasteiger partial charge in [0.25, 0.3) is 0 Å². The van der Waals surface area contributed by atoms with Crippen LogP contribution in [0.15, 0.2) is 55.4 Å². The molecule has 0 spiro atoms. The van der Waals surface area contributed by atoms with Crippen LogP contribution < -0.4 is 4.74 Å². The Morgan fingerprint density at radius 1 is 1.13 bits per heavy atom. The van der Waals surface area contributed by atoms with Crippen molar-refractivity contribution in [3.05, 3.63) is 60.9 Å². The number of nitrogens with zero attached hydrogens (tertiary/aromatic N) is 4. The normalized spacial score (nSPS) is 11.0. The minimum atomic E-state index is 0.702. The van der Waals surface area contributed by atoms with Crippen molar-refractivity contribution in [2.24, 2.45) is 0 Å². The van der Waals surface area contributed by atoms with Crippen molar-refractivity contribution in [1.82, 2.24) is 24.7 Å². The number of fused-ring (bicyclic) bond motifs is 1. The Balaban J connectivity index is 1.62. The number of nitrogens with one attached hydrogen (secondary N) is 1. The summed E-state index contributed by atoms with van der Waals surface area (Å²) >= 11 is 0. The van der Waals surface area contributed by atoms with Crippen molar-refractivity contribution in [2.45, 2.75) is 6.54 Å². The highest BCUT2D eigenvalue weighted by Gasteiger charge is 2.09. The molecule has 0 amide bonds. The molecule has 1 N–H and O–H groups in total. The SMILES string of the molecule is COc1ccc(Cn2cc(-c3cncc4[nH]cnc34)cn2)cc1. The summed E-state index contributed by atoms with van der Waals surface area (Å²) in [5.41, 5.74) is 4.97. The second-order valence-electron chi connectivity index (χ2n) is 5.26. The molecular weight excluding hydrogens is 290 g/mol. The molecule has 0 unspecified atom stereocenters. The quantitative estimate of drug-likeness (QED) is 0.629. The van der Waals surface area contributed by atoms with Gasteiger partial charge in [-0.05, 0) is 17.7 Å². The van der Waals surface area contributed by atoms with Crippen molar-refractivity contribution >= 4 is 11.0 Å². The van der Waals surface area contributed by atoms with Gasteiger partial charge >= 0.3 is 0 Å². The summed E-state index contributed by atoms with van der Waals surface area (Å²) in [7, 11) is 1.67. The van der Waals surface area contributed by atoms with Crippen LogP contribution in [-0.4, -0.2) is 31.8 Å². The zero-order valence-electron chi connectivity index (χ0n) is 12.6. The summed E-state index contributed by atoms with van der Waals surface area (Å²) in [5.74, 6) is 0.853. The second kappa shape index (κ2) is 5.57. The molecule has 3 aromatic heterocycles. The van der Waals surface area contributed by atoms with Crippen molar-refractivity contribution in [1.29, 1.82) is 0 Å². The predicted octanol–water partition coefficient (Wildman–Crippen LogP) is 2.88. The topological polar surface area (TPSA) is 68.6 Å². The van der Waals surface area contributed by atoms with E-state index in [1.807, 2.05) is 47.5 Å². The van der Waals surface area contributed by atoms with Gasteiger partial charge in [0.05, 0.1) is 43.4 Å². The van der Waals surface area contributed by atoms with E-state index in [1.54, 1.807) is 19.6 Å². The minimum absolute atomic E-state index is 0.702. The van der Waals surface area contributed by atoms with E-state index >= 15 is 0 Å². The Morgan fingerprint density at radius 3 is 2.83 bits per heavy atom. The molecule has 0 saturated carbocycles. The first kappa shape index (κ1) is 13.5. The highest BCUT2D eigenvalue weighted by molar-refractivity contribution is 5.90. The highest BCUT2D eigenvalue weighted by Crippen LogP contribution is 2.25. The largest absolute Gasteiger partial charge is 0.497 e. The van der Waals surface area contributed by atoms with E-state index in [4.69, 9.17) is 4.74 Å². The number of methoxy groups -OCH3 is 1. The summed E-state index contributed by atoms with van der Waals surface area (Å²) in [5, 5.41) is 4.44. The van der Waals surface area contributed by atoms with Crippen LogP contribution in [0.5, 0.6) is 5.75 Å². The number of ether oxygens (including phenoxy) is 1. The van der Waals surface area contributed by atoms with Crippen LogP contribution in [0, 0.1) is 0 Å². The fraction of sp³-hybridized carbons (Fsp3) is 0.118. The lowest BCUT2D eigenvalue weighted by Gasteiger charge is -2.03. The van der Waals surface area contributed by atoms with Gasteiger partial charge in [0.2, 0.25) is 0 Å². The van der Waals surface area contributed by atoms with Gasteiger partial charge in [0.1, 0.15) is 5.75 Å². The first-order valence-electron chi connectivity index (χ1n) is 7.26. The fourth-order valence-electron chi connectivity index (χ4n) is 2.58. The number of rotatable bonds is 4. The number of benzene rings is 1. The van der Waals surface area contributed by atoms with Crippen LogP contribution in [0.4, 0.5) is 0 Å². The number of aromatic amines is 1. The summed E-state index contributed by atoms with van der Waals surface area (Å²) in [6, 6.07) is 7.98. The van der Waals surface area contributed by atoms with E-state index in [0.29, 0.717) is 6.54 Å². The van der Waals surface area contributed by atoms with Crippen LogP contribution in [-0.2, 0) is 6.54 Å². The molecule has 3 heterocycles. The van der Waals surface area contributed by atoms with Crippen LogP contribution in [0.2, 0.25) is 0 Å². The summed E-state index contributed by atoms with van der Waals surface area (Å²) in [6.45, 7) is 0.702. The number of hydrogen-bond donors (Lipinski definition) is 1. The standard InChI is InChI=1S/C17H15N5O/c1-23-14-4-2-12(3-5-14)9-22-10-13(6-21-22)15-7-18-8-16-17(15)20-11-19-16/h2-8,10-11H,9H2,1H3,(H,19,20). The molecular formula is C17H15N5O. The summed E-state index contributed by atoms with van der Waals surface area (Å²) in [6.07, 6.45) is 9.12. The number of hydrogen-bond acceptors (Lipinski definition) is 4. The zero-order valence-corrected chi connectivity index (χ0v) is 12.6. The van der Waals surface area contributed by atoms with Crippen LogP contribution in [0.3, 0.4) is 0 Å². The van der Waals surface area contributed by atoms with Gasteiger partial charge in [0.15, 0.2) is 0 Å². The van der Waals surface area contributed by atoms with Crippen molar-refractivity contribution in [2.75, 3.05) is 7.11 Å². The van der Waals surface area contributed by atoms with Crippen LogP contribution >= 0.6 is 0 Å². The number of imidazole rings is 1. The Labute approximate surface area is 132 Å². The third-order valence-corrected chi connectivity index (χ3v) is 3.78. The molecule has 0 radical (unpaired) electrons. The highest BCUT2D eigenvalue weighted by atomic mass is 16.5. The lowest BCUT2D eigenvalue weighted by atomic mass is 10.1. The van der Waals surface area contributed by atoms with Gasteiger partial charge in [0, 0.05) is 23.5 Å².